The Morgan fingerprint density at radius 3 is 2.32 bits per heavy atom. The molecule has 0 spiro atoms. The molecule has 1 aliphatic carbocycles. The van der Waals surface area contributed by atoms with Crippen LogP contribution in [-0.4, -0.2) is 6.04 Å². The van der Waals surface area contributed by atoms with Crippen LogP contribution < -0.4 is 5.73 Å². The molecule has 2 rings (SSSR count). The van der Waals surface area contributed by atoms with E-state index in [9.17, 15) is 0 Å². The van der Waals surface area contributed by atoms with Gasteiger partial charge in [0, 0.05) is 11.5 Å². The minimum absolute atomic E-state index is 0.230. The molecule has 1 saturated carbocycles. The molecule has 0 aliphatic heterocycles. The summed E-state index contributed by atoms with van der Waals surface area (Å²) in [6, 6.07) is 11.3. The van der Waals surface area contributed by atoms with Crippen molar-refractivity contribution in [3.05, 3.63) is 35.9 Å². The van der Waals surface area contributed by atoms with E-state index in [1.807, 2.05) is 0 Å². The molecule has 0 aromatic heterocycles. The van der Waals surface area contributed by atoms with Crippen LogP contribution in [0.5, 0.6) is 0 Å². The fraction of sp³-hybridized carbons (Fsp3) is 0.667. The molecule has 1 aliphatic rings. The number of nitrogens with two attached hydrogens (primary N) is 1. The lowest BCUT2D eigenvalue weighted by Gasteiger charge is -2.45. The maximum Gasteiger partial charge on any atom is 0.0162 e. The van der Waals surface area contributed by atoms with Crippen LogP contribution in [-0.2, 0) is 5.41 Å². The van der Waals surface area contributed by atoms with Crippen molar-refractivity contribution in [1.29, 1.82) is 0 Å². The smallest absolute Gasteiger partial charge is 0.0162 e. The molecule has 0 bridgehead atoms. The molecule has 1 heteroatoms. The molecule has 0 heterocycles. The quantitative estimate of drug-likeness (QED) is 0.818. The van der Waals surface area contributed by atoms with Crippen LogP contribution in [0.3, 0.4) is 0 Å². The van der Waals surface area contributed by atoms with E-state index >= 15 is 0 Å². The summed E-state index contributed by atoms with van der Waals surface area (Å²) >= 11 is 0. The zero-order valence-electron chi connectivity index (χ0n) is 12.6. The highest BCUT2D eigenvalue weighted by Crippen LogP contribution is 2.44. The molecular formula is C18H29N. The van der Waals surface area contributed by atoms with E-state index in [0.29, 0.717) is 12.0 Å². The van der Waals surface area contributed by atoms with Crippen molar-refractivity contribution in [3.63, 3.8) is 0 Å². The van der Waals surface area contributed by atoms with Crippen molar-refractivity contribution >= 4 is 0 Å². The number of rotatable bonds is 5. The van der Waals surface area contributed by atoms with Crippen LogP contribution >= 0.6 is 0 Å². The molecule has 1 nitrogen and oxygen atoms in total. The first-order valence-electron chi connectivity index (χ1n) is 8.02. The minimum Gasteiger partial charge on any atom is -0.327 e. The van der Waals surface area contributed by atoms with Gasteiger partial charge in [-0.15, -0.1) is 0 Å². The average Bonchev–Trinajstić information content (AvgIpc) is 2.48. The average molecular weight is 259 g/mol. The molecule has 1 aromatic rings. The van der Waals surface area contributed by atoms with Crippen LogP contribution in [0.15, 0.2) is 30.3 Å². The molecule has 106 valence electrons. The highest BCUT2D eigenvalue weighted by atomic mass is 14.7. The summed E-state index contributed by atoms with van der Waals surface area (Å²) in [5.41, 5.74) is 8.45. The summed E-state index contributed by atoms with van der Waals surface area (Å²) in [6.45, 7) is 4.60. The molecule has 2 unspecified atom stereocenters. The fourth-order valence-corrected chi connectivity index (χ4v) is 3.95. The Morgan fingerprint density at radius 1 is 1.11 bits per heavy atom. The van der Waals surface area contributed by atoms with Gasteiger partial charge in [0.25, 0.3) is 0 Å². The lowest BCUT2D eigenvalue weighted by atomic mass is 9.62. The highest BCUT2D eigenvalue weighted by molar-refractivity contribution is 5.28. The topological polar surface area (TPSA) is 26.0 Å². The highest BCUT2D eigenvalue weighted by Gasteiger charge is 2.41. The van der Waals surface area contributed by atoms with Crippen molar-refractivity contribution in [3.8, 4) is 0 Å². The maximum absolute atomic E-state index is 6.75. The van der Waals surface area contributed by atoms with E-state index in [4.69, 9.17) is 5.73 Å². The molecular weight excluding hydrogens is 230 g/mol. The van der Waals surface area contributed by atoms with Crippen molar-refractivity contribution in [2.24, 2.45) is 11.7 Å². The molecule has 1 fully saturated rings. The Kier molecular flexibility index (Phi) is 5.04. The number of hydrogen-bond acceptors (Lipinski definition) is 1. The molecule has 19 heavy (non-hydrogen) atoms. The zero-order chi connectivity index (χ0) is 13.7. The minimum atomic E-state index is 0.230. The van der Waals surface area contributed by atoms with E-state index < -0.39 is 0 Å². The van der Waals surface area contributed by atoms with Crippen molar-refractivity contribution < 1.29 is 0 Å². The van der Waals surface area contributed by atoms with Gasteiger partial charge in [0.15, 0.2) is 0 Å². The van der Waals surface area contributed by atoms with E-state index in [2.05, 4.69) is 44.2 Å². The SMILES string of the molecule is CCCC(C)C(N)C1(c2ccccc2)CCCCC1. The van der Waals surface area contributed by atoms with Crippen LogP contribution in [0.2, 0.25) is 0 Å². The second-order valence-electron chi connectivity index (χ2n) is 6.37. The van der Waals surface area contributed by atoms with Gasteiger partial charge in [-0.1, -0.05) is 69.9 Å². The second kappa shape index (κ2) is 6.56. The van der Waals surface area contributed by atoms with Gasteiger partial charge < -0.3 is 5.73 Å². The number of benzene rings is 1. The van der Waals surface area contributed by atoms with Crippen molar-refractivity contribution in [2.45, 2.75) is 70.3 Å². The van der Waals surface area contributed by atoms with Gasteiger partial charge in [0.05, 0.1) is 0 Å². The van der Waals surface area contributed by atoms with Gasteiger partial charge in [-0.3, -0.25) is 0 Å². The van der Waals surface area contributed by atoms with Gasteiger partial charge in [-0.05, 0) is 30.7 Å². The first-order chi connectivity index (χ1) is 9.20. The first-order valence-corrected chi connectivity index (χ1v) is 8.02. The van der Waals surface area contributed by atoms with E-state index in [-0.39, 0.29) is 5.41 Å². The Morgan fingerprint density at radius 2 is 1.74 bits per heavy atom. The van der Waals surface area contributed by atoms with E-state index in [0.717, 1.165) is 0 Å². The Bertz CT molecular complexity index is 365. The largest absolute Gasteiger partial charge is 0.327 e. The van der Waals surface area contributed by atoms with Crippen LogP contribution in [0.4, 0.5) is 0 Å². The summed E-state index contributed by atoms with van der Waals surface area (Å²) in [5, 5.41) is 0. The Labute approximate surface area is 118 Å². The fourth-order valence-electron chi connectivity index (χ4n) is 3.95. The van der Waals surface area contributed by atoms with E-state index in [1.165, 1.54) is 50.5 Å². The molecule has 0 radical (unpaired) electrons. The zero-order valence-corrected chi connectivity index (χ0v) is 12.6. The van der Waals surface area contributed by atoms with Gasteiger partial charge >= 0.3 is 0 Å². The lowest BCUT2D eigenvalue weighted by Crippen LogP contribution is -2.50. The van der Waals surface area contributed by atoms with Gasteiger partial charge in [-0.2, -0.15) is 0 Å². The molecule has 1 aromatic carbocycles. The van der Waals surface area contributed by atoms with Crippen molar-refractivity contribution in [1.82, 2.24) is 0 Å². The second-order valence-corrected chi connectivity index (χ2v) is 6.37. The summed E-state index contributed by atoms with van der Waals surface area (Å²) in [5.74, 6) is 0.614. The third-order valence-corrected chi connectivity index (χ3v) is 5.09. The summed E-state index contributed by atoms with van der Waals surface area (Å²) < 4.78 is 0. The molecule has 2 atom stereocenters. The Balaban J connectivity index is 2.29. The molecule has 0 saturated heterocycles. The van der Waals surface area contributed by atoms with Crippen LogP contribution in [0.1, 0.15) is 64.4 Å². The standard InChI is InChI=1S/C18H29N/c1-3-10-15(2)17(19)18(13-8-5-9-14-18)16-11-6-4-7-12-16/h4,6-7,11-12,15,17H,3,5,8-10,13-14,19H2,1-2H3. The lowest BCUT2D eigenvalue weighted by molar-refractivity contribution is 0.194. The van der Waals surface area contributed by atoms with Gasteiger partial charge in [0.1, 0.15) is 0 Å². The van der Waals surface area contributed by atoms with Gasteiger partial charge in [-0.25, -0.2) is 0 Å². The van der Waals surface area contributed by atoms with E-state index in [1.54, 1.807) is 0 Å². The maximum atomic E-state index is 6.75. The summed E-state index contributed by atoms with van der Waals surface area (Å²) in [4.78, 5) is 0. The molecule has 0 amide bonds. The monoisotopic (exact) mass is 259 g/mol. The van der Waals surface area contributed by atoms with Gasteiger partial charge in [0.2, 0.25) is 0 Å². The van der Waals surface area contributed by atoms with Crippen LogP contribution in [0.25, 0.3) is 0 Å². The van der Waals surface area contributed by atoms with Crippen LogP contribution in [0, 0.1) is 5.92 Å². The van der Waals surface area contributed by atoms with Crippen molar-refractivity contribution in [2.75, 3.05) is 0 Å². The Hall–Kier alpha value is -0.820. The normalized spacial score (nSPS) is 21.8. The third kappa shape index (κ3) is 3.02. The predicted octanol–water partition coefficient (Wildman–Crippen LogP) is 4.65. The first kappa shape index (κ1) is 14.6. The summed E-state index contributed by atoms with van der Waals surface area (Å²) in [7, 11) is 0. The predicted molar refractivity (Wildman–Crippen MR) is 83.3 cm³/mol. The third-order valence-electron chi connectivity index (χ3n) is 5.09. The summed E-state index contributed by atoms with van der Waals surface area (Å²) in [6.07, 6.45) is 9.07. The molecule has 2 N–H and O–H groups in total. The number of hydrogen-bond donors (Lipinski definition) is 1.